The van der Waals surface area contributed by atoms with Crippen LogP contribution >= 0.6 is 0 Å². The van der Waals surface area contributed by atoms with Crippen LogP contribution in [0.1, 0.15) is 43.9 Å². The van der Waals surface area contributed by atoms with E-state index in [-0.39, 0.29) is 5.69 Å². The van der Waals surface area contributed by atoms with Crippen molar-refractivity contribution < 1.29 is 18.0 Å². The Kier molecular flexibility index (Phi) is 5.30. The number of nitrogens with zero attached hydrogens (tertiary/aromatic N) is 2. The first-order chi connectivity index (χ1) is 14.8. The standard InChI is InChI=1S/C24H16F3N3O/c1-15-5-7-18(23(31)30-21-4-2-3-20(11-21)24(25,26)27)10-17(15)8-6-16-9-19-13-28-14-22(19)29-12-16/h2-5,7,9-13H,14H2,1H3,(H,30,31). The molecule has 4 rings (SSSR count). The minimum atomic E-state index is -4.48. The summed E-state index contributed by atoms with van der Waals surface area (Å²) in [5.41, 5.74) is 3.64. The van der Waals surface area contributed by atoms with Crippen molar-refractivity contribution in [2.75, 3.05) is 5.32 Å². The fourth-order valence-corrected chi connectivity index (χ4v) is 3.07. The Labute approximate surface area is 176 Å². The summed E-state index contributed by atoms with van der Waals surface area (Å²) in [7, 11) is 0. The molecule has 1 N–H and O–H groups in total. The van der Waals surface area contributed by atoms with Gasteiger partial charge in [-0.25, -0.2) is 0 Å². The van der Waals surface area contributed by atoms with Gasteiger partial charge in [-0.2, -0.15) is 13.2 Å². The summed E-state index contributed by atoms with van der Waals surface area (Å²) in [6.45, 7) is 2.44. The minimum Gasteiger partial charge on any atom is -0.322 e. The van der Waals surface area contributed by atoms with Crippen LogP contribution in [0.2, 0.25) is 0 Å². The average molecular weight is 419 g/mol. The molecule has 0 atom stereocenters. The first-order valence-corrected chi connectivity index (χ1v) is 9.39. The molecule has 31 heavy (non-hydrogen) atoms. The molecule has 1 amide bonds. The van der Waals surface area contributed by atoms with Crippen LogP contribution in [0.3, 0.4) is 0 Å². The van der Waals surface area contributed by atoms with Crippen LogP contribution in [0.25, 0.3) is 0 Å². The number of amides is 1. The molecule has 3 aromatic rings. The normalized spacial score (nSPS) is 12.1. The molecule has 0 radical (unpaired) electrons. The molecule has 7 heteroatoms. The first-order valence-electron chi connectivity index (χ1n) is 9.39. The van der Waals surface area contributed by atoms with Crippen molar-refractivity contribution in [1.29, 1.82) is 0 Å². The van der Waals surface area contributed by atoms with Gasteiger partial charge < -0.3 is 5.32 Å². The minimum absolute atomic E-state index is 0.0684. The third-order valence-corrected chi connectivity index (χ3v) is 4.76. The second-order valence-corrected chi connectivity index (χ2v) is 7.04. The van der Waals surface area contributed by atoms with E-state index in [1.807, 2.05) is 13.0 Å². The molecule has 1 aliphatic heterocycles. The van der Waals surface area contributed by atoms with E-state index >= 15 is 0 Å². The number of carbonyl (C=O) groups excluding carboxylic acids is 1. The van der Waals surface area contributed by atoms with Gasteiger partial charge in [0, 0.05) is 40.4 Å². The molecule has 0 saturated carbocycles. The van der Waals surface area contributed by atoms with Crippen molar-refractivity contribution in [3.8, 4) is 11.8 Å². The molecule has 0 spiro atoms. The van der Waals surface area contributed by atoms with Gasteiger partial charge in [0.1, 0.15) is 0 Å². The SMILES string of the molecule is Cc1ccc(C(=O)Nc2cccc(C(F)(F)F)c2)cc1C#Cc1cnc2c(c1)C=NC2. The van der Waals surface area contributed by atoms with E-state index in [9.17, 15) is 18.0 Å². The molecular formula is C24H16F3N3O. The number of benzene rings is 2. The second kappa shape index (κ2) is 8.07. The maximum Gasteiger partial charge on any atom is 0.416 e. The maximum atomic E-state index is 12.9. The van der Waals surface area contributed by atoms with Crippen LogP contribution in [-0.4, -0.2) is 17.1 Å². The second-order valence-electron chi connectivity index (χ2n) is 7.04. The number of carbonyl (C=O) groups is 1. The molecule has 0 aliphatic carbocycles. The Morgan fingerprint density at radius 1 is 1.10 bits per heavy atom. The Balaban J connectivity index is 1.56. The van der Waals surface area contributed by atoms with E-state index in [0.717, 1.165) is 34.5 Å². The number of alkyl halides is 3. The van der Waals surface area contributed by atoms with E-state index in [0.29, 0.717) is 17.7 Å². The Morgan fingerprint density at radius 2 is 1.94 bits per heavy atom. The number of hydrogen-bond acceptors (Lipinski definition) is 3. The number of anilines is 1. The number of nitrogens with one attached hydrogen (secondary N) is 1. The Hall–Kier alpha value is -3.92. The number of halogens is 3. The van der Waals surface area contributed by atoms with E-state index in [2.05, 4.69) is 27.1 Å². The summed E-state index contributed by atoms with van der Waals surface area (Å²) in [6, 6.07) is 11.4. The fourth-order valence-electron chi connectivity index (χ4n) is 3.07. The zero-order chi connectivity index (χ0) is 22.0. The smallest absolute Gasteiger partial charge is 0.322 e. The van der Waals surface area contributed by atoms with E-state index in [1.165, 1.54) is 12.1 Å². The summed E-state index contributed by atoms with van der Waals surface area (Å²) < 4.78 is 38.7. The number of pyridine rings is 1. The molecule has 2 heterocycles. The quantitative estimate of drug-likeness (QED) is 0.595. The highest BCUT2D eigenvalue weighted by Crippen LogP contribution is 2.30. The number of fused-ring (bicyclic) bond motifs is 1. The average Bonchev–Trinajstić information content (AvgIpc) is 3.20. The van der Waals surface area contributed by atoms with Gasteiger partial charge in [-0.3, -0.25) is 14.8 Å². The first kappa shape index (κ1) is 20.4. The largest absolute Gasteiger partial charge is 0.416 e. The van der Waals surface area contributed by atoms with E-state index < -0.39 is 17.6 Å². The van der Waals surface area contributed by atoms with Crippen molar-refractivity contribution in [3.63, 3.8) is 0 Å². The molecule has 0 saturated heterocycles. The zero-order valence-corrected chi connectivity index (χ0v) is 16.4. The van der Waals surface area contributed by atoms with Gasteiger partial charge in [0.05, 0.1) is 17.8 Å². The lowest BCUT2D eigenvalue weighted by atomic mass is 10.0. The summed E-state index contributed by atoms with van der Waals surface area (Å²) in [4.78, 5) is 21.1. The lowest BCUT2D eigenvalue weighted by Crippen LogP contribution is -2.13. The van der Waals surface area contributed by atoms with Gasteiger partial charge in [-0.1, -0.05) is 24.0 Å². The maximum absolute atomic E-state index is 12.9. The molecule has 1 aliphatic rings. The van der Waals surface area contributed by atoms with Crippen LogP contribution in [-0.2, 0) is 12.7 Å². The molecule has 154 valence electrons. The number of hydrogen-bond donors (Lipinski definition) is 1. The summed E-state index contributed by atoms with van der Waals surface area (Å²) in [6.07, 6.45) is -1.04. The number of aryl methyl sites for hydroxylation is 1. The third kappa shape index (κ3) is 4.64. The van der Waals surface area contributed by atoms with Crippen molar-refractivity contribution >= 4 is 17.8 Å². The molecule has 0 bridgehead atoms. The van der Waals surface area contributed by atoms with E-state index in [1.54, 1.807) is 30.6 Å². The van der Waals surface area contributed by atoms with Gasteiger partial charge in [0.2, 0.25) is 0 Å². The Bertz CT molecular complexity index is 1270. The molecule has 2 aromatic carbocycles. The number of aromatic nitrogens is 1. The summed E-state index contributed by atoms with van der Waals surface area (Å²) in [5, 5.41) is 2.51. The number of rotatable bonds is 2. The van der Waals surface area contributed by atoms with E-state index in [4.69, 9.17) is 0 Å². The fraction of sp³-hybridized carbons (Fsp3) is 0.125. The van der Waals surface area contributed by atoms with Crippen molar-refractivity contribution in [3.05, 3.63) is 93.8 Å². The summed E-state index contributed by atoms with van der Waals surface area (Å²) >= 11 is 0. The highest BCUT2D eigenvalue weighted by Gasteiger charge is 2.30. The van der Waals surface area contributed by atoms with Crippen LogP contribution < -0.4 is 5.32 Å². The molecule has 0 fully saturated rings. The van der Waals surface area contributed by atoms with Gasteiger partial charge in [0.25, 0.3) is 5.91 Å². The van der Waals surface area contributed by atoms with Crippen LogP contribution in [0, 0.1) is 18.8 Å². The molecule has 1 aromatic heterocycles. The highest BCUT2D eigenvalue weighted by molar-refractivity contribution is 6.04. The van der Waals surface area contributed by atoms with Gasteiger partial charge in [0.15, 0.2) is 0 Å². The molecule has 4 nitrogen and oxygen atoms in total. The summed E-state index contributed by atoms with van der Waals surface area (Å²) in [5.74, 6) is 5.57. The highest BCUT2D eigenvalue weighted by atomic mass is 19.4. The topological polar surface area (TPSA) is 54.4 Å². The van der Waals surface area contributed by atoms with Crippen LogP contribution in [0.4, 0.5) is 18.9 Å². The Morgan fingerprint density at radius 3 is 2.74 bits per heavy atom. The zero-order valence-electron chi connectivity index (χ0n) is 16.4. The van der Waals surface area contributed by atoms with Crippen molar-refractivity contribution in [2.24, 2.45) is 4.99 Å². The van der Waals surface area contributed by atoms with Gasteiger partial charge >= 0.3 is 6.18 Å². The number of aliphatic imine (C=N–C) groups is 1. The van der Waals surface area contributed by atoms with Crippen molar-refractivity contribution in [2.45, 2.75) is 19.6 Å². The monoisotopic (exact) mass is 419 g/mol. The predicted octanol–water partition coefficient (Wildman–Crippen LogP) is 4.99. The van der Waals surface area contributed by atoms with Crippen molar-refractivity contribution in [1.82, 2.24) is 4.98 Å². The van der Waals surface area contributed by atoms with Gasteiger partial charge in [-0.15, -0.1) is 0 Å². The van der Waals surface area contributed by atoms with Crippen LogP contribution in [0.15, 0.2) is 59.7 Å². The van der Waals surface area contributed by atoms with Gasteiger partial charge in [-0.05, 0) is 48.9 Å². The lowest BCUT2D eigenvalue weighted by molar-refractivity contribution is -0.137. The third-order valence-electron chi connectivity index (χ3n) is 4.76. The molecule has 0 unspecified atom stereocenters. The molecular weight excluding hydrogens is 403 g/mol. The lowest BCUT2D eigenvalue weighted by Gasteiger charge is -2.10. The predicted molar refractivity (Wildman–Crippen MR) is 112 cm³/mol. The van der Waals surface area contributed by atoms with Crippen LogP contribution in [0.5, 0.6) is 0 Å².